The Labute approximate surface area is 102 Å². The minimum atomic E-state index is 0.613. The van der Waals surface area contributed by atoms with Gasteiger partial charge in [0.15, 0.2) is 0 Å². The van der Waals surface area contributed by atoms with Gasteiger partial charge in [-0.25, -0.2) is 4.98 Å². The molecule has 88 valence electrons. The van der Waals surface area contributed by atoms with Gasteiger partial charge >= 0.3 is 0 Å². The summed E-state index contributed by atoms with van der Waals surface area (Å²) in [5, 5.41) is 0. The van der Waals surface area contributed by atoms with Crippen LogP contribution in [-0.4, -0.2) is 11.5 Å². The van der Waals surface area contributed by atoms with Crippen molar-refractivity contribution in [3.63, 3.8) is 0 Å². The van der Waals surface area contributed by atoms with E-state index in [-0.39, 0.29) is 0 Å². The van der Waals surface area contributed by atoms with Gasteiger partial charge in [-0.3, -0.25) is 0 Å². The van der Waals surface area contributed by atoms with Crippen LogP contribution < -0.4 is 10.6 Å². The van der Waals surface area contributed by atoms with E-state index in [0.717, 1.165) is 18.7 Å². The van der Waals surface area contributed by atoms with Crippen LogP contribution in [0.5, 0.6) is 0 Å². The van der Waals surface area contributed by atoms with Crippen LogP contribution in [0.25, 0.3) is 0 Å². The molecule has 1 heterocycles. The summed E-state index contributed by atoms with van der Waals surface area (Å²) >= 11 is 0. The van der Waals surface area contributed by atoms with Crippen LogP contribution in [0, 0.1) is 0 Å². The van der Waals surface area contributed by atoms with Crippen molar-refractivity contribution in [2.24, 2.45) is 0 Å². The zero-order valence-electron chi connectivity index (χ0n) is 10.0. The molecular formula is C14H17N3. The topological polar surface area (TPSA) is 42.2 Å². The lowest BCUT2D eigenvalue weighted by molar-refractivity contribution is 0.830. The fourth-order valence-electron chi connectivity index (χ4n) is 1.81. The quantitative estimate of drug-likeness (QED) is 0.873. The number of pyridine rings is 1. The number of nitrogens with two attached hydrogens (primary N) is 1. The Morgan fingerprint density at radius 1 is 1.12 bits per heavy atom. The van der Waals surface area contributed by atoms with Crippen LogP contribution in [0.4, 0.5) is 11.5 Å². The summed E-state index contributed by atoms with van der Waals surface area (Å²) in [7, 11) is 0. The van der Waals surface area contributed by atoms with Gasteiger partial charge in [0.25, 0.3) is 0 Å². The first-order chi connectivity index (χ1) is 8.31. The van der Waals surface area contributed by atoms with Gasteiger partial charge in [-0.2, -0.15) is 0 Å². The Morgan fingerprint density at radius 2 is 1.88 bits per heavy atom. The molecule has 0 unspecified atom stereocenters. The van der Waals surface area contributed by atoms with E-state index in [2.05, 4.69) is 28.9 Å². The van der Waals surface area contributed by atoms with E-state index in [1.54, 1.807) is 6.20 Å². The molecule has 0 aliphatic rings. The number of nitrogen functional groups attached to an aromatic ring is 1. The van der Waals surface area contributed by atoms with Crippen LogP contribution in [0.1, 0.15) is 12.5 Å². The summed E-state index contributed by atoms with van der Waals surface area (Å²) in [6.07, 6.45) is 1.72. The molecule has 0 fully saturated rings. The molecule has 1 aromatic carbocycles. The van der Waals surface area contributed by atoms with Gasteiger partial charge in [0.05, 0.1) is 0 Å². The summed E-state index contributed by atoms with van der Waals surface area (Å²) in [5.41, 5.74) is 8.14. The van der Waals surface area contributed by atoms with Crippen molar-refractivity contribution in [2.45, 2.75) is 13.5 Å². The standard InChI is InChI=1S/C14H17N3/c1-2-17(13-8-4-3-5-9-13)11-12-7-6-10-16-14(12)15/h3-10H,2,11H2,1H3,(H2,15,16). The number of anilines is 2. The summed E-state index contributed by atoms with van der Waals surface area (Å²) in [5.74, 6) is 0.613. The third kappa shape index (κ3) is 2.75. The lowest BCUT2D eigenvalue weighted by Crippen LogP contribution is -2.22. The third-order valence-corrected chi connectivity index (χ3v) is 2.79. The maximum absolute atomic E-state index is 5.86. The van der Waals surface area contributed by atoms with Crippen LogP contribution >= 0.6 is 0 Å². The highest BCUT2D eigenvalue weighted by Gasteiger charge is 2.07. The number of nitrogens with zero attached hydrogens (tertiary/aromatic N) is 2. The van der Waals surface area contributed by atoms with Crippen molar-refractivity contribution in [3.8, 4) is 0 Å². The van der Waals surface area contributed by atoms with Crippen LogP contribution in [0.15, 0.2) is 48.7 Å². The Balaban J connectivity index is 2.19. The van der Waals surface area contributed by atoms with Crippen molar-refractivity contribution in [2.75, 3.05) is 17.2 Å². The van der Waals surface area contributed by atoms with Crippen molar-refractivity contribution in [1.82, 2.24) is 4.98 Å². The van der Waals surface area contributed by atoms with E-state index in [1.165, 1.54) is 5.69 Å². The van der Waals surface area contributed by atoms with E-state index < -0.39 is 0 Å². The van der Waals surface area contributed by atoms with Crippen molar-refractivity contribution < 1.29 is 0 Å². The molecule has 0 spiro atoms. The van der Waals surface area contributed by atoms with E-state index in [1.807, 2.05) is 30.3 Å². The fraction of sp³-hybridized carbons (Fsp3) is 0.214. The summed E-state index contributed by atoms with van der Waals surface area (Å²) in [6, 6.07) is 14.3. The number of para-hydroxylation sites is 1. The van der Waals surface area contributed by atoms with Crippen molar-refractivity contribution in [1.29, 1.82) is 0 Å². The van der Waals surface area contributed by atoms with Gasteiger partial charge in [0, 0.05) is 30.5 Å². The molecule has 2 aromatic rings. The Morgan fingerprint density at radius 3 is 2.53 bits per heavy atom. The zero-order chi connectivity index (χ0) is 12.1. The molecule has 17 heavy (non-hydrogen) atoms. The molecule has 0 radical (unpaired) electrons. The largest absolute Gasteiger partial charge is 0.383 e. The minimum Gasteiger partial charge on any atom is -0.383 e. The summed E-state index contributed by atoms with van der Waals surface area (Å²) in [6.45, 7) is 3.87. The van der Waals surface area contributed by atoms with Crippen LogP contribution in [0.3, 0.4) is 0 Å². The first-order valence-corrected chi connectivity index (χ1v) is 5.80. The SMILES string of the molecule is CCN(Cc1cccnc1N)c1ccccc1. The van der Waals surface area contributed by atoms with Crippen molar-refractivity contribution in [3.05, 3.63) is 54.2 Å². The maximum Gasteiger partial charge on any atom is 0.128 e. The smallest absolute Gasteiger partial charge is 0.128 e. The van der Waals surface area contributed by atoms with Gasteiger partial charge in [0.2, 0.25) is 0 Å². The third-order valence-electron chi connectivity index (χ3n) is 2.79. The number of rotatable bonds is 4. The normalized spacial score (nSPS) is 10.2. The molecule has 0 atom stereocenters. The molecule has 0 aliphatic heterocycles. The maximum atomic E-state index is 5.86. The first-order valence-electron chi connectivity index (χ1n) is 5.80. The van der Waals surface area contributed by atoms with E-state index in [9.17, 15) is 0 Å². The highest BCUT2D eigenvalue weighted by atomic mass is 15.1. The Bertz CT molecular complexity index is 468. The van der Waals surface area contributed by atoms with Crippen LogP contribution in [0.2, 0.25) is 0 Å². The average Bonchev–Trinajstić information content (AvgIpc) is 2.39. The molecule has 0 amide bonds. The lowest BCUT2D eigenvalue weighted by Gasteiger charge is -2.23. The molecule has 0 saturated heterocycles. The number of hydrogen-bond acceptors (Lipinski definition) is 3. The fourth-order valence-corrected chi connectivity index (χ4v) is 1.81. The molecule has 2 N–H and O–H groups in total. The monoisotopic (exact) mass is 227 g/mol. The van der Waals surface area contributed by atoms with Crippen molar-refractivity contribution >= 4 is 11.5 Å². The summed E-state index contributed by atoms with van der Waals surface area (Å²) < 4.78 is 0. The molecule has 3 nitrogen and oxygen atoms in total. The summed E-state index contributed by atoms with van der Waals surface area (Å²) in [4.78, 5) is 6.38. The second kappa shape index (κ2) is 5.34. The highest BCUT2D eigenvalue weighted by molar-refractivity contribution is 5.49. The van der Waals surface area contributed by atoms with Crippen LogP contribution in [-0.2, 0) is 6.54 Å². The predicted molar refractivity (Wildman–Crippen MR) is 71.8 cm³/mol. The Kier molecular flexibility index (Phi) is 3.60. The van der Waals surface area contributed by atoms with Gasteiger partial charge in [-0.1, -0.05) is 24.3 Å². The lowest BCUT2D eigenvalue weighted by atomic mass is 10.2. The van der Waals surface area contributed by atoms with Gasteiger partial charge in [-0.05, 0) is 25.1 Å². The number of aromatic nitrogens is 1. The Hall–Kier alpha value is -2.03. The average molecular weight is 227 g/mol. The predicted octanol–water partition coefficient (Wildman–Crippen LogP) is 2.69. The minimum absolute atomic E-state index is 0.613. The second-order valence-electron chi connectivity index (χ2n) is 3.90. The molecule has 1 aromatic heterocycles. The number of hydrogen-bond donors (Lipinski definition) is 1. The van der Waals surface area contributed by atoms with Gasteiger partial charge in [-0.15, -0.1) is 0 Å². The first kappa shape index (κ1) is 11.5. The van der Waals surface area contributed by atoms with E-state index in [4.69, 9.17) is 5.73 Å². The number of benzene rings is 1. The molecular weight excluding hydrogens is 210 g/mol. The zero-order valence-corrected chi connectivity index (χ0v) is 10.0. The van der Waals surface area contributed by atoms with E-state index in [0.29, 0.717) is 5.82 Å². The second-order valence-corrected chi connectivity index (χ2v) is 3.90. The van der Waals surface area contributed by atoms with E-state index >= 15 is 0 Å². The molecule has 2 rings (SSSR count). The van der Waals surface area contributed by atoms with Gasteiger partial charge in [0.1, 0.15) is 5.82 Å². The molecule has 0 saturated carbocycles. The molecule has 0 bridgehead atoms. The van der Waals surface area contributed by atoms with Gasteiger partial charge < -0.3 is 10.6 Å². The molecule has 0 aliphatic carbocycles. The highest BCUT2D eigenvalue weighted by Crippen LogP contribution is 2.18. The molecule has 3 heteroatoms.